The van der Waals surface area contributed by atoms with Gasteiger partial charge in [-0.05, 0) is 124 Å². The molecular formula is C72H39B3O6S3. The van der Waals surface area contributed by atoms with E-state index >= 15 is 0 Å². The molecule has 0 amide bonds. The molecule has 6 aliphatic rings. The Kier molecular flexibility index (Phi) is 9.98. The van der Waals surface area contributed by atoms with Crippen LogP contribution in [0.25, 0.3) is 60.5 Å². The van der Waals surface area contributed by atoms with E-state index in [4.69, 9.17) is 28.4 Å². The van der Waals surface area contributed by atoms with E-state index in [2.05, 4.69) is 176 Å². The Morgan fingerprint density at radius 3 is 1.21 bits per heavy atom. The molecule has 84 heavy (non-hydrogen) atoms. The van der Waals surface area contributed by atoms with Crippen molar-refractivity contribution in [2.45, 2.75) is 0 Å². The van der Waals surface area contributed by atoms with Crippen molar-refractivity contribution >= 4 is 164 Å². The molecule has 0 radical (unpaired) electrons. The Balaban J connectivity index is 0.0000000929. The molecule has 0 bridgehead atoms. The number of fused-ring (bicyclic) bond motifs is 23. The maximum absolute atomic E-state index is 6.55. The standard InChI is InChI=1S/3C24H13BO2S/c1-4-11-22-14(6-1)15-12-21-17(13-23(15)28-22)25-16-7-2-3-8-18(16)26-19-9-5-10-20(27-21)24(19)25;1-4-11-21-14(6-1)15-12-13-17-23(24(15)28-21)27-20-10-5-9-19-22(20)25(17)16-7-2-3-8-18(16)26-19;1-4-11-20-14(6-1)22-21(28-20)13-12-16-24(22)27-19-10-5-9-18-23(19)25(16)15-7-2-3-8-17(15)26-18/h3*1-13H. The smallest absolute Gasteiger partial charge is 0.260 e. The van der Waals surface area contributed by atoms with Gasteiger partial charge >= 0.3 is 0 Å². The molecule has 6 aliphatic heterocycles. The summed E-state index contributed by atoms with van der Waals surface area (Å²) in [4.78, 5) is 0. The van der Waals surface area contributed by atoms with Gasteiger partial charge in [-0.15, -0.1) is 34.0 Å². The fraction of sp³-hybridized carbons (Fsp3) is 0. The fourth-order valence-electron chi connectivity index (χ4n) is 13.9. The highest BCUT2D eigenvalue weighted by atomic mass is 32.1. The van der Waals surface area contributed by atoms with Crippen molar-refractivity contribution in [3.63, 3.8) is 0 Å². The molecule has 3 aromatic heterocycles. The molecule has 21 rings (SSSR count). The van der Waals surface area contributed by atoms with E-state index in [-0.39, 0.29) is 20.1 Å². The molecule has 15 aromatic rings. The molecule has 0 saturated heterocycles. The molecule has 9 heterocycles. The quantitative estimate of drug-likeness (QED) is 0.141. The van der Waals surface area contributed by atoms with E-state index in [0.717, 1.165) is 85.4 Å². The summed E-state index contributed by atoms with van der Waals surface area (Å²) in [7, 11) is 0. The van der Waals surface area contributed by atoms with Crippen LogP contribution in [0.3, 0.4) is 0 Å². The lowest BCUT2D eigenvalue weighted by molar-refractivity contribution is 0.464. The number of thiophene rings is 3. The van der Waals surface area contributed by atoms with Crippen LogP contribution >= 0.6 is 34.0 Å². The Morgan fingerprint density at radius 1 is 0.226 bits per heavy atom. The van der Waals surface area contributed by atoms with Crippen LogP contribution in [0.15, 0.2) is 237 Å². The summed E-state index contributed by atoms with van der Waals surface area (Å²) in [5.74, 6) is 11.1. The van der Waals surface area contributed by atoms with E-state index in [1.165, 1.54) is 93.3 Å². The second kappa shape index (κ2) is 17.9. The highest BCUT2D eigenvalue weighted by Gasteiger charge is 2.43. The number of benzene rings is 12. The summed E-state index contributed by atoms with van der Waals surface area (Å²) >= 11 is 5.48. The third kappa shape index (κ3) is 6.81. The van der Waals surface area contributed by atoms with Crippen molar-refractivity contribution in [1.29, 1.82) is 0 Å². The first kappa shape index (κ1) is 46.9. The van der Waals surface area contributed by atoms with Crippen LogP contribution in [0.4, 0.5) is 0 Å². The summed E-state index contributed by atoms with van der Waals surface area (Å²) in [6.07, 6.45) is 0. The Labute approximate surface area is 494 Å². The zero-order valence-corrected chi connectivity index (χ0v) is 46.9. The highest BCUT2D eigenvalue weighted by molar-refractivity contribution is 7.27. The second-order valence-electron chi connectivity index (χ2n) is 21.9. The topological polar surface area (TPSA) is 55.4 Å². The van der Waals surface area contributed by atoms with E-state index in [9.17, 15) is 0 Å². The lowest BCUT2D eigenvalue weighted by atomic mass is 9.35. The lowest BCUT2D eigenvalue weighted by Crippen LogP contribution is -2.57. The van der Waals surface area contributed by atoms with Crippen LogP contribution in [0, 0.1) is 0 Å². The summed E-state index contributed by atoms with van der Waals surface area (Å²) in [6, 6.07) is 82.6. The van der Waals surface area contributed by atoms with Crippen LogP contribution in [-0.2, 0) is 0 Å². The van der Waals surface area contributed by atoms with Crippen molar-refractivity contribution in [3.05, 3.63) is 237 Å². The minimum Gasteiger partial charge on any atom is -0.458 e. The normalized spacial score (nSPS) is 13.5. The molecule has 12 heteroatoms. The van der Waals surface area contributed by atoms with Crippen LogP contribution in [0.5, 0.6) is 69.0 Å². The monoisotopic (exact) mass is 1130 g/mol. The largest absolute Gasteiger partial charge is 0.458 e. The number of hydrogen-bond acceptors (Lipinski definition) is 9. The zero-order valence-electron chi connectivity index (χ0n) is 44.4. The minimum absolute atomic E-state index is 0.128. The van der Waals surface area contributed by atoms with Crippen LogP contribution < -0.4 is 77.6 Å². The molecular weight excluding hydrogens is 1090 g/mol. The van der Waals surface area contributed by atoms with Crippen LogP contribution in [0.2, 0.25) is 0 Å². The number of hydrogen-bond donors (Lipinski definition) is 0. The van der Waals surface area contributed by atoms with Gasteiger partial charge in [0.25, 0.3) is 20.1 Å². The molecule has 0 N–H and O–H groups in total. The summed E-state index contributed by atoms with van der Waals surface area (Å²) < 4.78 is 45.7. The summed E-state index contributed by atoms with van der Waals surface area (Å²) in [5.41, 5.74) is 10.7. The summed E-state index contributed by atoms with van der Waals surface area (Å²) in [6.45, 7) is 0.395. The number of para-hydroxylation sites is 3. The number of rotatable bonds is 0. The van der Waals surface area contributed by atoms with Gasteiger partial charge in [-0.1, -0.05) is 146 Å². The third-order valence-electron chi connectivity index (χ3n) is 17.4. The lowest BCUT2D eigenvalue weighted by Gasteiger charge is -2.33. The Hall–Kier alpha value is -9.71. The molecule has 6 nitrogen and oxygen atoms in total. The molecule has 390 valence electrons. The molecule has 0 saturated carbocycles. The second-order valence-corrected chi connectivity index (χ2v) is 25.1. The van der Waals surface area contributed by atoms with E-state index < -0.39 is 0 Å². The zero-order chi connectivity index (χ0) is 54.7. The molecule has 0 unspecified atom stereocenters. The number of ether oxygens (including phenoxy) is 6. The molecule has 0 fully saturated rings. The van der Waals surface area contributed by atoms with Crippen molar-refractivity contribution < 1.29 is 28.4 Å². The predicted molar refractivity (Wildman–Crippen MR) is 351 cm³/mol. The highest BCUT2D eigenvalue weighted by Crippen LogP contribution is 2.46. The molecule has 12 aromatic carbocycles. The molecule has 0 spiro atoms. The first-order valence-corrected chi connectivity index (χ1v) is 30.6. The average molecular weight is 1130 g/mol. The Bertz CT molecular complexity index is 5270. The maximum atomic E-state index is 6.55. The summed E-state index contributed by atoms with van der Waals surface area (Å²) in [5, 5.41) is 7.60. The van der Waals surface area contributed by atoms with E-state index in [0.29, 0.717) is 0 Å². The van der Waals surface area contributed by atoms with Gasteiger partial charge in [-0.25, -0.2) is 0 Å². The van der Waals surface area contributed by atoms with Gasteiger partial charge in [-0.3, -0.25) is 0 Å². The third-order valence-corrected chi connectivity index (χ3v) is 20.9. The average Bonchev–Trinajstić information content (AvgIpc) is 1.53. The van der Waals surface area contributed by atoms with Crippen LogP contribution in [0.1, 0.15) is 0 Å². The van der Waals surface area contributed by atoms with E-state index in [1.807, 2.05) is 94.7 Å². The fourth-order valence-corrected chi connectivity index (χ4v) is 17.3. The van der Waals surface area contributed by atoms with Crippen molar-refractivity contribution in [2.75, 3.05) is 0 Å². The minimum atomic E-state index is 0.128. The van der Waals surface area contributed by atoms with Gasteiger partial charge < -0.3 is 28.4 Å². The van der Waals surface area contributed by atoms with Gasteiger partial charge in [0.05, 0.1) is 4.70 Å². The van der Waals surface area contributed by atoms with E-state index in [1.54, 1.807) is 0 Å². The predicted octanol–water partition coefficient (Wildman–Crippen LogP) is 14.3. The first-order chi connectivity index (χ1) is 41.6. The molecule has 0 aliphatic carbocycles. The van der Waals surface area contributed by atoms with Gasteiger partial charge in [0.15, 0.2) is 0 Å². The SMILES string of the molecule is c1ccc2c(c1)Oc1cccc3c1B2c1cc2sc4ccccc4c2cc1O3.c1ccc2c(c1)Oc1cccc3c1B2c1ccc2c(sc4ccccc42)c1O3.c1ccc2c(c1)Oc1cccc3c1B2c1ccc2sc4ccccc4c2c1O3. The van der Waals surface area contributed by atoms with Gasteiger partial charge in [0.2, 0.25) is 0 Å². The van der Waals surface area contributed by atoms with Gasteiger partial charge in [-0.2, -0.15) is 0 Å². The molecule has 0 atom stereocenters. The van der Waals surface area contributed by atoms with Gasteiger partial charge in [0.1, 0.15) is 69.0 Å². The van der Waals surface area contributed by atoms with Crippen molar-refractivity contribution in [3.8, 4) is 69.0 Å². The van der Waals surface area contributed by atoms with Crippen molar-refractivity contribution in [1.82, 2.24) is 0 Å². The Morgan fingerprint density at radius 2 is 0.631 bits per heavy atom. The first-order valence-electron chi connectivity index (χ1n) is 28.2. The van der Waals surface area contributed by atoms with Crippen molar-refractivity contribution in [2.24, 2.45) is 0 Å². The van der Waals surface area contributed by atoms with Crippen LogP contribution in [-0.4, -0.2) is 20.1 Å². The van der Waals surface area contributed by atoms with Gasteiger partial charge in [0, 0.05) is 72.2 Å². The maximum Gasteiger partial charge on any atom is 0.260 e.